The van der Waals surface area contributed by atoms with Crippen molar-refractivity contribution < 1.29 is 14.3 Å². The van der Waals surface area contributed by atoms with E-state index in [1.165, 1.54) is 0 Å². The average molecular weight is 249 g/mol. The molecule has 1 aromatic rings. The predicted octanol–water partition coefficient (Wildman–Crippen LogP) is 0.315. The summed E-state index contributed by atoms with van der Waals surface area (Å²) in [5, 5.41) is 4.96. The van der Waals surface area contributed by atoms with E-state index in [1.807, 2.05) is 0 Å². The Morgan fingerprint density at radius 1 is 1.39 bits per heavy atom. The number of amides is 2. The first-order valence-electron chi connectivity index (χ1n) is 5.87. The van der Waals surface area contributed by atoms with Gasteiger partial charge in [-0.15, -0.1) is 0 Å². The van der Waals surface area contributed by atoms with Crippen molar-refractivity contribution in [1.82, 2.24) is 10.3 Å². The van der Waals surface area contributed by atoms with Gasteiger partial charge >= 0.3 is 11.8 Å². The van der Waals surface area contributed by atoms with Crippen molar-refractivity contribution in [3.8, 4) is 0 Å². The van der Waals surface area contributed by atoms with Crippen LogP contribution in [0, 0.1) is 0 Å². The van der Waals surface area contributed by atoms with Crippen molar-refractivity contribution in [3.05, 3.63) is 24.4 Å². The second-order valence-electron chi connectivity index (χ2n) is 4.01. The van der Waals surface area contributed by atoms with Crippen molar-refractivity contribution in [2.75, 3.05) is 18.5 Å². The van der Waals surface area contributed by atoms with Gasteiger partial charge in [0.25, 0.3) is 0 Å². The fourth-order valence-electron chi connectivity index (χ4n) is 1.70. The number of carbonyl (C=O) groups excluding carboxylic acids is 2. The minimum absolute atomic E-state index is 0.0246. The van der Waals surface area contributed by atoms with Gasteiger partial charge in [-0.1, -0.05) is 6.07 Å². The molecule has 6 heteroatoms. The molecule has 6 nitrogen and oxygen atoms in total. The molecule has 1 aliphatic heterocycles. The Labute approximate surface area is 105 Å². The van der Waals surface area contributed by atoms with E-state index >= 15 is 0 Å². The highest BCUT2D eigenvalue weighted by Gasteiger charge is 2.19. The van der Waals surface area contributed by atoms with Gasteiger partial charge in [-0.25, -0.2) is 4.98 Å². The SMILES string of the molecule is O=C(NCC1CCCO1)C(=O)Nc1ccccn1. The lowest BCUT2D eigenvalue weighted by Crippen LogP contribution is -2.39. The van der Waals surface area contributed by atoms with Gasteiger partial charge < -0.3 is 15.4 Å². The molecule has 18 heavy (non-hydrogen) atoms. The minimum atomic E-state index is -0.716. The minimum Gasteiger partial charge on any atom is -0.376 e. The molecule has 2 heterocycles. The van der Waals surface area contributed by atoms with E-state index in [-0.39, 0.29) is 6.10 Å². The molecule has 1 atom stereocenters. The number of carbonyl (C=O) groups is 2. The van der Waals surface area contributed by atoms with E-state index in [4.69, 9.17) is 4.74 Å². The maximum absolute atomic E-state index is 11.5. The summed E-state index contributed by atoms with van der Waals surface area (Å²) < 4.78 is 5.34. The molecule has 2 amide bonds. The molecule has 1 unspecified atom stereocenters. The van der Waals surface area contributed by atoms with Crippen LogP contribution in [0.1, 0.15) is 12.8 Å². The van der Waals surface area contributed by atoms with Gasteiger partial charge in [0.1, 0.15) is 5.82 Å². The lowest BCUT2D eigenvalue weighted by molar-refractivity contribution is -0.136. The first-order chi connectivity index (χ1) is 8.75. The first-order valence-corrected chi connectivity index (χ1v) is 5.87. The van der Waals surface area contributed by atoms with Crippen LogP contribution in [0.2, 0.25) is 0 Å². The molecule has 0 aromatic carbocycles. The fourth-order valence-corrected chi connectivity index (χ4v) is 1.70. The van der Waals surface area contributed by atoms with Crippen LogP contribution in [-0.4, -0.2) is 36.1 Å². The van der Waals surface area contributed by atoms with Gasteiger partial charge in [-0.05, 0) is 25.0 Å². The summed E-state index contributed by atoms with van der Waals surface area (Å²) in [6.45, 7) is 1.09. The van der Waals surface area contributed by atoms with Crippen LogP contribution in [0.25, 0.3) is 0 Å². The topological polar surface area (TPSA) is 80.3 Å². The summed E-state index contributed by atoms with van der Waals surface area (Å²) in [5.41, 5.74) is 0. The number of anilines is 1. The first kappa shape index (κ1) is 12.5. The highest BCUT2D eigenvalue weighted by molar-refractivity contribution is 6.39. The Balaban J connectivity index is 1.76. The second-order valence-corrected chi connectivity index (χ2v) is 4.01. The summed E-state index contributed by atoms with van der Waals surface area (Å²) in [6, 6.07) is 5.07. The van der Waals surface area contributed by atoms with Crippen LogP contribution in [0.3, 0.4) is 0 Å². The van der Waals surface area contributed by atoms with Gasteiger partial charge in [0.15, 0.2) is 0 Å². The van der Waals surface area contributed by atoms with Crippen LogP contribution >= 0.6 is 0 Å². The summed E-state index contributed by atoms with van der Waals surface area (Å²) >= 11 is 0. The Bertz CT molecular complexity index is 416. The van der Waals surface area contributed by atoms with Gasteiger partial charge in [0.2, 0.25) is 0 Å². The normalized spacial score (nSPS) is 18.3. The van der Waals surface area contributed by atoms with E-state index in [1.54, 1.807) is 24.4 Å². The number of nitrogens with one attached hydrogen (secondary N) is 2. The standard InChI is InChI=1S/C12H15N3O3/c16-11(14-8-9-4-3-7-18-9)12(17)15-10-5-1-2-6-13-10/h1-2,5-6,9H,3-4,7-8H2,(H,14,16)(H,13,15,17). The Morgan fingerprint density at radius 3 is 2.94 bits per heavy atom. The Morgan fingerprint density at radius 2 is 2.28 bits per heavy atom. The predicted molar refractivity (Wildman–Crippen MR) is 64.9 cm³/mol. The summed E-state index contributed by atoms with van der Waals surface area (Å²) in [5.74, 6) is -1.03. The number of hydrogen-bond acceptors (Lipinski definition) is 4. The fraction of sp³-hybridized carbons (Fsp3) is 0.417. The van der Waals surface area contributed by atoms with Crippen LogP contribution in [0.15, 0.2) is 24.4 Å². The number of aromatic nitrogens is 1. The van der Waals surface area contributed by atoms with Gasteiger partial charge in [0, 0.05) is 19.3 Å². The quantitative estimate of drug-likeness (QED) is 0.756. The van der Waals surface area contributed by atoms with Crippen LogP contribution in [0.4, 0.5) is 5.82 Å². The number of pyridine rings is 1. The molecule has 96 valence electrons. The van der Waals surface area contributed by atoms with Crippen molar-refractivity contribution in [3.63, 3.8) is 0 Å². The van der Waals surface area contributed by atoms with E-state index in [0.29, 0.717) is 12.4 Å². The van der Waals surface area contributed by atoms with E-state index in [9.17, 15) is 9.59 Å². The molecule has 0 bridgehead atoms. The molecule has 1 aromatic heterocycles. The molecule has 2 N–H and O–H groups in total. The summed E-state index contributed by atoms with van der Waals surface area (Å²) in [4.78, 5) is 26.9. The van der Waals surface area contributed by atoms with E-state index < -0.39 is 11.8 Å². The van der Waals surface area contributed by atoms with E-state index in [2.05, 4.69) is 15.6 Å². The van der Waals surface area contributed by atoms with Crippen LogP contribution in [-0.2, 0) is 14.3 Å². The zero-order valence-corrected chi connectivity index (χ0v) is 9.89. The van der Waals surface area contributed by atoms with Crippen molar-refractivity contribution in [2.24, 2.45) is 0 Å². The number of rotatable bonds is 3. The average Bonchev–Trinajstić information content (AvgIpc) is 2.90. The third-order valence-corrected chi connectivity index (χ3v) is 2.63. The monoisotopic (exact) mass is 249 g/mol. The lowest BCUT2D eigenvalue weighted by atomic mass is 10.2. The highest BCUT2D eigenvalue weighted by atomic mass is 16.5. The Hall–Kier alpha value is -1.95. The smallest absolute Gasteiger partial charge is 0.314 e. The molecule has 1 aliphatic rings. The van der Waals surface area contributed by atoms with Crippen molar-refractivity contribution in [1.29, 1.82) is 0 Å². The van der Waals surface area contributed by atoms with E-state index in [0.717, 1.165) is 19.4 Å². The van der Waals surface area contributed by atoms with Crippen molar-refractivity contribution in [2.45, 2.75) is 18.9 Å². The zero-order chi connectivity index (χ0) is 12.8. The summed E-state index contributed by atoms with van der Waals surface area (Å²) in [6.07, 6.45) is 3.49. The Kier molecular flexibility index (Phi) is 4.25. The molecule has 0 saturated carbocycles. The second kappa shape index (κ2) is 6.11. The maximum Gasteiger partial charge on any atom is 0.314 e. The third-order valence-electron chi connectivity index (χ3n) is 2.63. The van der Waals surface area contributed by atoms with Crippen LogP contribution < -0.4 is 10.6 Å². The largest absolute Gasteiger partial charge is 0.376 e. The molecule has 0 spiro atoms. The van der Waals surface area contributed by atoms with Gasteiger partial charge in [-0.3, -0.25) is 9.59 Å². The zero-order valence-electron chi connectivity index (χ0n) is 9.89. The van der Waals surface area contributed by atoms with Crippen molar-refractivity contribution >= 4 is 17.6 Å². The third kappa shape index (κ3) is 3.53. The molecule has 0 radical (unpaired) electrons. The number of hydrogen-bond donors (Lipinski definition) is 2. The molecule has 1 fully saturated rings. The number of ether oxygens (including phenoxy) is 1. The molecule has 2 rings (SSSR count). The maximum atomic E-state index is 11.5. The lowest BCUT2D eigenvalue weighted by Gasteiger charge is -2.10. The molecular formula is C12H15N3O3. The molecule has 0 aliphatic carbocycles. The highest BCUT2D eigenvalue weighted by Crippen LogP contribution is 2.10. The summed E-state index contributed by atoms with van der Waals surface area (Å²) in [7, 11) is 0. The van der Waals surface area contributed by atoms with Gasteiger partial charge in [0.05, 0.1) is 6.10 Å². The van der Waals surface area contributed by atoms with Gasteiger partial charge in [-0.2, -0.15) is 0 Å². The molecule has 1 saturated heterocycles. The van der Waals surface area contributed by atoms with Crippen LogP contribution in [0.5, 0.6) is 0 Å². The molecular weight excluding hydrogens is 234 g/mol. The number of nitrogens with zero attached hydrogens (tertiary/aromatic N) is 1.